The molecule has 0 heterocycles. The van der Waals surface area contributed by atoms with Crippen molar-refractivity contribution in [1.82, 2.24) is 0 Å². The minimum atomic E-state index is -0.709. The van der Waals surface area contributed by atoms with Gasteiger partial charge in [0.05, 0.1) is 0 Å². The van der Waals surface area contributed by atoms with E-state index in [1.54, 1.807) is 0 Å². The van der Waals surface area contributed by atoms with Crippen molar-refractivity contribution in [3.8, 4) is 5.75 Å². The van der Waals surface area contributed by atoms with Crippen LogP contribution in [0.5, 0.6) is 5.75 Å². The lowest BCUT2D eigenvalue weighted by Gasteiger charge is -2.18. The smallest absolute Gasteiger partial charge is 0.203 e. The number of carbonyl (C=O) groups excluding carboxylic acids is 1. The largest absolute Gasteiger partial charge is 0.482 e. The van der Waals surface area contributed by atoms with Gasteiger partial charge in [-0.1, -0.05) is 36.4 Å². The highest BCUT2D eigenvalue weighted by Crippen LogP contribution is 2.27. The van der Waals surface area contributed by atoms with E-state index in [0.717, 1.165) is 10.8 Å². The Bertz CT molecular complexity index is 840. The Morgan fingerprint density at radius 1 is 1.00 bits per heavy atom. The molecular weight excluding hydrogens is 327 g/mol. The van der Waals surface area contributed by atoms with Crippen molar-refractivity contribution in [3.05, 3.63) is 78.1 Å². The summed E-state index contributed by atoms with van der Waals surface area (Å²) >= 11 is 5.85. The molecule has 0 amide bonds. The van der Waals surface area contributed by atoms with E-state index in [4.69, 9.17) is 16.3 Å². The molecule has 0 saturated carbocycles. The highest BCUT2D eigenvalue weighted by atomic mass is 35.5. The Kier molecular flexibility index (Phi) is 5.11. The second-order valence-corrected chi connectivity index (χ2v) is 5.81. The normalized spacial score (nSPS) is 12.1. The zero-order valence-electron chi connectivity index (χ0n) is 12.9. The lowest BCUT2D eigenvalue weighted by molar-refractivity contribution is 0.0790. The van der Waals surface area contributed by atoms with Crippen molar-refractivity contribution < 1.29 is 13.9 Å². The lowest BCUT2D eigenvalue weighted by atomic mass is 10.0. The maximum atomic E-state index is 13.1. The summed E-state index contributed by atoms with van der Waals surface area (Å²) < 4.78 is 19.0. The summed E-state index contributed by atoms with van der Waals surface area (Å²) in [6.45, 7) is 0. The number of ketones is 1. The third-order valence-electron chi connectivity index (χ3n) is 3.81. The van der Waals surface area contributed by atoms with E-state index >= 15 is 0 Å². The van der Waals surface area contributed by atoms with Gasteiger partial charge in [-0.25, -0.2) is 4.39 Å². The standard InChI is InChI=1S/C20H16ClFO2/c21-13-12-19(20(23)15-8-10-16(22)11-9-15)24-18-7-3-5-14-4-1-2-6-17(14)18/h1-11,19H,12-13H2. The number of rotatable bonds is 6. The number of alkyl halides is 1. The van der Waals surface area contributed by atoms with E-state index in [9.17, 15) is 9.18 Å². The molecule has 0 aliphatic rings. The SMILES string of the molecule is O=C(c1ccc(F)cc1)C(CCCl)Oc1cccc2ccccc12. The number of fused-ring (bicyclic) bond motifs is 1. The van der Waals surface area contributed by atoms with Gasteiger partial charge in [-0.3, -0.25) is 4.79 Å². The molecule has 0 bridgehead atoms. The third kappa shape index (κ3) is 3.57. The fourth-order valence-corrected chi connectivity index (χ4v) is 2.79. The van der Waals surface area contributed by atoms with Crippen LogP contribution in [0.1, 0.15) is 16.8 Å². The van der Waals surface area contributed by atoms with Gasteiger partial charge in [0.15, 0.2) is 6.10 Å². The first kappa shape index (κ1) is 16.5. The van der Waals surface area contributed by atoms with Crippen molar-refractivity contribution in [3.63, 3.8) is 0 Å². The number of benzene rings is 3. The molecule has 0 fully saturated rings. The van der Waals surface area contributed by atoms with Crippen LogP contribution >= 0.6 is 11.6 Å². The summed E-state index contributed by atoms with van der Waals surface area (Å²) in [5.41, 5.74) is 0.409. The Morgan fingerprint density at radius 2 is 1.71 bits per heavy atom. The first-order valence-corrected chi connectivity index (χ1v) is 8.22. The van der Waals surface area contributed by atoms with Crippen LogP contribution in [0.25, 0.3) is 10.8 Å². The molecule has 3 aromatic carbocycles. The molecule has 1 unspecified atom stereocenters. The number of carbonyl (C=O) groups is 1. The van der Waals surface area contributed by atoms with Crippen molar-refractivity contribution in [2.75, 3.05) is 5.88 Å². The van der Waals surface area contributed by atoms with Crippen LogP contribution in [0, 0.1) is 5.82 Å². The summed E-state index contributed by atoms with van der Waals surface area (Å²) in [5, 5.41) is 1.97. The second kappa shape index (κ2) is 7.45. The Morgan fingerprint density at radius 3 is 2.46 bits per heavy atom. The molecule has 4 heteroatoms. The van der Waals surface area contributed by atoms with Crippen LogP contribution in [-0.4, -0.2) is 17.8 Å². The quantitative estimate of drug-likeness (QED) is 0.452. The molecule has 3 aromatic rings. The highest BCUT2D eigenvalue weighted by molar-refractivity contribution is 6.18. The van der Waals surface area contributed by atoms with Gasteiger partial charge in [0.25, 0.3) is 0 Å². The van der Waals surface area contributed by atoms with Gasteiger partial charge in [0.1, 0.15) is 11.6 Å². The summed E-state index contributed by atoms with van der Waals surface area (Å²) in [5.74, 6) is 0.347. The van der Waals surface area contributed by atoms with Crippen LogP contribution in [0.2, 0.25) is 0 Å². The van der Waals surface area contributed by atoms with Gasteiger partial charge < -0.3 is 4.74 Å². The molecule has 0 aromatic heterocycles. The molecule has 24 heavy (non-hydrogen) atoms. The van der Waals surface area contributed by atoms with Gasteiger partial charge >= 0.3 is 0 Å². The lowest BCUT2D eigenvalue weighted by Crippen LogP contribution is -2.28. The van der Waals surface area contributed by atoms with Crippen LogP contribution in [0.3, 0.4) is 0 Å². The van der Waals surface area contributed by atoms with Crippen LogP contribution < -0.4 is 4.74 Å². The van der Waals surface area contributed by atoms with Gasteiger partial charge in [-0.05, 0) is 35.7 Å². The summed E-state index contributed by atoms with van der Waals surface area (Å²) in [6.07, 6.45) is -0.333. The average Bonchev–Trinajstić information content (AvgIpc) is 2.62. The van der Waals surface area contributed by atoms with E-state index in [1.165, 1.54) is 24.3 Å². The topological polar surface area (TPSA) is 26.3 Å². The first-order valence-electron chi connectivity index (χ1n) is 7.69. The number of hydrogen-bond acceptors (Lipinski definition) is 2. The van der Waals surface area contributed by atoms with Crippen molar-refractivity contribution in [1.29, 1.82) is 0 Å². The van der Waals surface area contributed by atoms with E-state index in [2.05, 4.69) is 0 Å². The molecular formula is C20H16ClFO2. The molecule has 0 radical (unpaired) electrons. The molecule has 0 spiro atoms. The Hall–Kier alpha value is -2.39. The van der Waals surface area contributed by atoms with Crippen LogP contribution in [-0.2, 0) is 0 Å². The summed E-state index contributed by atoms with van der Waals surface area (Å²) in [4.78, 5) is 12.7. The molecule has 1 atom stereocenters. The van der Waals surface area contributed by atoms with E-state index in [1.807, 2.05) is 42.5 Å². The minimum absolute atomic E-state index is 0.205. The molecule has 0 saturated heterocycles. The number of Topliss-reactive ketones (excluding diaryl/α,β-unsaturated/α-hetero) is 1. The monoisotopic (exact) mass is 342 g/mol. The van der Waals surface area contributed by atoms with Crippen LogP contribution in [0.15, 0.2) is 66.7 Å². The highest BCUT2D eigenvalue weighted by Gasteiger charge is 2.22. The minimum Gasteiger partial charge on any atom is -0.482 e. The zero-order chi connectivity index (χ0) is 16.9. The van der Waals surface area contributed by atoms with Crippen molar-refractivity contribution in [2.24, 2.45) is 0 Å². The van der Waals surface area contributed by atoms with Gasteiger partial charge in [0.2, 0.25) is 5.78 Å². The third-order valence-corrected chi connectivity index (χ3v) is 4.03. The fraction of sp³-hybridized carbons (Fsp3) is 0.150. The van der Waals surface area contributed by atoms with E-state index in [-0.39, 0.29) is 11.6 Å². The summed E-state index contributed by atoms with van der Waals surface area (Å²) in [6, 6.07) is 19.0. The number of halogens is 2. The predicted molar refractivity (Wildman–Crippen MR) is 94.4 cm³/mol. The molecule has 122 valence electrons. The van der Waals surface area contributed by atoms with E-state index in [0.29, 0.717) is 23.6 Å². The molecule has 0 N–H and O–H groups in total. The molecule has 0 aliphatic carbocycles. The van der Waals surface area contributed by atoms with Crippen LogP contribution in [0.4, 0.5) is 4.39 Å². The van der Waals surface area contributed by atoms with Gasteiger partial charge in [-0.15, -0.1) is 11.6 Å². The zero-order valence-corrected chi connectivity index (χ0v) is 13.7. The second-order valence-electron chi connectivity index (χ2n) is 5.43. The van der Waals surface area contributed by atoms with Gasteiger partial charge in [0, 0.05) is 23.3 Å². The average molecular weight is 343 g/mol. The maximum absolute atomic E-state index is 13.1. The maximum Gasteiger partial charge on any atom is 0.203 e. The van der Waals surface area contributed by atoms with E-state index < -0.39 is 6.10 Å². The first-order chi connectivity index (χ1) is 11.7. The van der Waals surface area contributed by atoms with Gasteiger partial charge in [-0.2, -0.15) is 0 Å². The number of ether oxygens (including phenoxy) is 1. The predicted octanol–water partition coefficient (Wildman–Crippen LogP) is 5.24. The van der Waals surface area contributed by atoms with Crippen molar-refractivity contribution in [2.45, 2.75) is 12.5 Å². The number of hydrogen-bond donors (Lipinski definition) is 0. The fourth-order valence-electron chi connectivity index (χ4n) is 2.59. The van der Waals surface area contributed by atoms with Crippen molar-refractivity contribution >= 4 is 28.2 Å². The molecule has 2 nitrogen and oxygen atoms in total. The molecule has 3 rings (SSSR count). The summed E-state index contributed by atoms with van der Waals surface area (Å²) in [7, 11) is 0. The molecule has 0 aliphatic heterocycles. The Balaban J connectivity index is 1.90. The Labute approximate surface area is 144 Å².